The van der Waals surface area contributed by atoms with Gasteiger partial charge in [0.15, 0.2) is 17.3 Å². The zero-order valence-electron chi connectivity index (χ0n) is 21.8. The Morgan fingerprint density at radius 3 is 2.49 bits per heavy atom. The molecule has 11 heteroatoms. The van der Waals surface area contributed by atoms with E-state index >= 15 is 0 Å². The van der Waals surface area contributed by atoms with Gasteiger partial charge in [0.2, 0.25) is 0 Å². The molecule has 9 nitrogen and oxygen atoms in total. The van der Waals surface area contributed by atoms with E-state index in [9.17, 15) is 8.42 Å². The molecule has 37 heavy (non-hydrogen) atoms. The molecule has 0 aliphatic carbocycles. The molecule has 2 atom stereocenters. The fraction of sp³-hybridized carbons (Fsp3) is 0.462. The lowest BCUT2D eigenvalue weighted by Gasteiger charge is -2.25. The predicted molar refractivity (Wildman–Crippen MR) is 140 cm³/mol. The Labute approximate surface area is 222 Å². The fourth-order valence-corrected chi connectivity index (χ4v) is 5.07. The standard InChI is InChI=1S/C26H32ClN3O6S/c1-26(2,3)15-22-28-29-25-21(12-13-35-37(6,31)32)36-23(17-8-7-9-20(33-4)24(17)34-5)18-14-16(27)10-11-19(18)30(22)25/h7-11,14,21,23H,12-13,15H2,1-6H3/t21-,23-/m0/s1. The van der Waals surface area contributed by atoms with Crippen LogP contribution in [0.2, 0.25) is 5.02 Å². The summed E-state index contributed by atoms with van der Waals surface area (Å²) < 4.78 is 48.4. The number of methoxy groups -OCH3 is 2. The largest absolute Gasteiger partial charge is 0.493 e. The Balaban J connectivity index is 1.93. The Morgan fingerprint density at radius 2 is 1.84 bits per heavy atom. The van der Waals surface area contributed by atoms with Gasteiger partial charge in [0, 0.05) is 29.0 Å². The average Bonchev–Trinajstić information content (AvgIpc) is 3.15. The van der Waals surface area contributed by atoms with Crippen molar-refractivity contribution in [1.82, 2.24) is 14.8 Å². The third-order valence-electron chi connectivity index (χ3n) is 5.94. The van der Waals surface area contributed by atoms with E-state index in [2.05, 4.69) is 31.0 Å². The maximum atomic E-state index is 11.7. The first-order valence-corrected chi connectivity index (χ1v) is 14.1. The van der Waals surface area contributed by atoms with E-state index in [-0.39, 0.29) is 18.4 Å². The molecule has 2 heterocycles. The van der Waals surface area contributed by atoms with Gasteiger partial charge in [-0.05, 0) is 29.7 Å². The molecule has 0 amide bonds. The molecule has 1 aliphatic rings. The highest BCUT2D eigenvalue weighted by Gasteiger charge is 2.36. The van der Waals surface area contributed by atoms with Gasteiger partial charge in [-0.2, -0.15) is 8.42 Å². The van der Waals surface area contributed by atoms with Gasteiger partial charge in [-0.1, -0.05) is 44.5 Å². The smallest absolute Gasteiger partial charge is 0.264 e. The minimum atomic E-state index is -3.63. The van der Waals surface area contributed by atoms with Crippen LogP contribution in [0.1, 0.15) is 62.2 Å². The van der Waals surface area contributed by atoms with Crippen molar-refractivity contribution in [3.05, 3.63) is 64.2 Å². The van der Waals surface area contributed by atoms with E-state index < -0.39 is 22.3 Å². The molecule has 3 aromatic rings. The predicted octanol–water partition coefficient (Wildman–Crippen LogP) is 5.05. The average molecular weight is 550 g/mol. The lowest BCUT2D eigenvalue weighted by Crippen LogP contribution is -2.16. The van der Waals surface area contributed by atoms with E-state index in [1.54, 1.807) is 14.2 Å². The van der Waals surface area contributed by atoms with Crippen LogP contribution in [0.15, 0.2) is 36.4 Å². The molecule has 0 N–H and O–H groups in total. The summed E-state index contributed by atoms with van der Waals surface area (Å²) >= 11 is 6.49. The number of aromatic nitrogens is 3. The summed E-state index contributed by atoms with van der Waals surface area (Å²) in [4.78, 5) is 0. The van der Waals surface area contributed by atoms with Gasteiger partial charge in [0.1, 0.15) is 18.0 Å². The van der Waals surface area contributed by atoms with Crippen LogP contribution in [-0.2, 0) is 25.5 Å². The van der Waals surface area contributed by atoms with E-state index in [1.807, 2.05) is 41.0 Å². The topological polar surface area (TPSA) is 102 Å². The minimum Gasteiger partial charge on any atom is -0.493 e. The first-order chi connectivity index (χ1) is 17.4. The van der Waals surface area contributed by atoms with Crippen molar-refractivity contribution in [1.29, 1.82) is 0 Å². The lowest BCUT2D eigenvalue weighted by atomic mass is 9.91. The van der Waals surface area contributed by atoms with Gasteiger partial charge in [-0.15, -0.1) is 10.2 Å². The summed E-state index contributed by atoms with van der Waals surface area (Å²) in [5, 5.41) is 9.57. The van der Waals surface area contributed by atoms with Gasteiger partial charge in [0.25, 0.3) is 10.1 Å². The number of rotatable bonds is 8. The van der Waals surface area contributed by atoms with Crippen LogP contribution in [0.5, 0.6) is 11.5 Å². The molecule has 1 aromatic heterocycles. The number of ether oxygens (including phenoxy) is 3. The first kappa shape index (κ1) is 27.4. The highest BCUT2D eigenvalue weighted by molar-refractivity contribution is 7.85. The van der Waals surface area contributed by atoms with Crippen LogP contribution in [-0.4, -0.2) is 50.3 Å². The molecular weight excluding hydrogens is 518 g/mol. The van der Waals surface area contributed by atoms with Crippen molar-refractivity contribution in [2.24, 2.45) is 5.41 Å². The molecule has 0 bridgehead atoms. The Bertz CT molecular complexity index is 1380. The van der Waals surface area contributed by atoms with E-state index in [1.165, 1.54) is 0 Å². The Hall–Kier alpha value is -2.66. The van der Waals surface area contributed by atoms with Crippen LogP contribution in [0.4, 0.5) is 0 Å². The van der Waals surface area contributed by atoms with Gasteiger partial charge in [0.05, 0.1) is 32.8 Å². The highest BCUT2D eigenvalue weighted by atomic mass is 35.5. The monoisotopic (exact) mass is 549 g/mol. The molecule has 200 valence electrons. The number of nitrogens with zero attached hydrogens (tertiary/aromatic N) is 3. The van der Waals surface area contributed by atoms with E-state index in [4.69, 9.17) is 30.0 Å². The quantitative estimate of drug-likeness (QED) is 0.360. The number of hydrogen-bond acceptors (Lipinski definition) is 8. The number of para-hydroxylation sites is 1. The molecule has 2 aromatic carbocycles. The third kappa shape index (κ3) is 6.09. The molecule has 0 saturated carbocycles. The summed E-state index contributed by atoms with van der Waals surface area (Å²) in [6.07, 6.45) is 0.626. The van der Waals surface area contributed by atoms with Crippen LogP contribution in [0, 0.1) is 5.41 Å². The molecule has 0 radical (unpaired) electrons. The van der Waals surface area contributed by atoms with Crippen LogP contribution in [0.25, 0.3) is 5.69 Å². The number of benzene rings is 2. The minimum absolute atomic E-state index is 0.0616. The first-order valence-electron chi connectivity index (χ1n) is 11.9. The van der Waals surface area contributed by atoms with Gasteiger partial charge in [-0.3, -0.25) is 8.75 Å². The summed E-state index contributed by atoms with van der Waals surface area (Å²) in [5.41, 5.74) is 2.29. The second-order valence-corrected chi connectivity index (χ2v) is 12.2. The molecule has 4 rings (SSSR count). The third-order valence-corrected chi connectivity index (χ3v) is 6.77. The zero-order valence-corrected chi connectivity index (χ0v) is 23.4. The summed E-state index contributed by atoms with van der Waals surface area (Å²) in [6.45, 7) is 6.31. The molecule has 0 unspecified atom stereocenters. The van der Waals surface area contributed by atoms with Crippen molar-refractivity contribution < 1.29 is 26.8 Å². The van der Waals surface area contributed by atoms with Gasteiger partial charge in [-0.25, -0.2) is 0 Å². The molecule has 0 spiro atoms. The molecule has 0 saturated heterocycles. The highest BCUT2D eigenvalue weighted by Crippen LogP contribution is 2.46. The summed E-state index contributed by atoms with van der Waals surface area (Å²) in [7, 11) is -0.478. The summed E-state index contributed by atoms with van der Waals surface area (Å²) in [6, 6.07) is 11.2. The van der Waals surface area contributed by atoms with Crippen molar-refractivity contribution in [3.8, 4) is 17.2 Å². The molecule has 0 fully saturated rings. The van der Waals surface area contributed by atoms with Crippen LogP contribution < -0.4 is 9.47 Å². The van der Waals surface area contributed by atoms with Gasteiger partial charge >= 0.3 is 0 Å². The Kier molecular flexibility index (Phi) is 7.85. The second-order valence-electron chi connectivity index (χ2n) is 10.2. The maximum absolute atomic E-state index is 11.7. The van der Waals surface area contributed by atoms with Crippen LogP contribution >= 0.6 is 11.6 Å². The maximum Gasteiger partial charge on any atom is 0.264 e. The van der Waals surface area contributed by atoms with Crippen molar-refractivity contribution in [2.75, 3.05) is 27.1 Å². The SMILES string of the molecule is COc1cccc([C@@H]2O[C@@H](CCOS(C)(=O)=O)c3nnc(CC(C)(C)C)n3-c3ccc(Cl)cc32)c1OC. The zero-order chi connectivity index (χ0) is 27.0. The summed E-state index contributed by atoms with van der Waals surface area (Å²) in [5.74, 6) is 2.41. The molecular formula is C26H32ClN3O6S. The fourth-order valence-electron chi connectivity index (χ4n) is 4.49. The van der Waals surface area contributed by atoms with Crippen molar-refractivity contribution >= 4 is 21.7 Å². The second kappa shape index (κ2) is 10.6. The van der Waals surface area contributed by atoms with E-state index in [0.717, 1.165) is 28.9 Å². The number of hydrogen-bond donors (Lipinski definition) is 0. The number of halogens is 1. The van der Waals surface area contributed by atoms with Crippen molar-refractivity contribution in [3.63, 3.8) is 0 Å². The Morgan fingerprint density at radius 1 is 1.08 bits per heavy atom. The van der Waals surface area contributed by atoms with Crippen molar-refractivity contribution in [2.45, 2.75) is 45.8 Å². The van der Waals surface area contributed by atoms with Crippen LogP contribution in [0.3, 0.4) is 0 Å². The van der Waals surface area contributed by atoms with E-state index in [0.29, 0.717) is 28.8 Å². The normalized spacial score (nSPS) is 17.6. The van der Waals surface area contributed by atoms with Gasteiger partial charge < -0.3 is 14.2 Å². The lowest BCUT2D eigenvalue weighted by molar-refractivity contribution is -0.00770. The number of fused-ring (bicyclic) bond motifs is 3. The molecule has 1 aliphatic heterocycles.